The van der Waals surface area contributed by atoms with Crippen LogP contribution in [0.4, 0.5) is 0 Å². The molecule has 0 amide bonds. The summed E-state index contributed by atoms with van der Waals surface area (Å²) < 4.78 is 0. The second kappa shape index (κ2) is 9.11. The lowest BCUT2D eigenvalue weighted by Crippen LogP contribution is -1.98. The highest BCUT2D eigenvalue weighted by atomic mass is 16.3. The van der Waals surface area contributed by atoms with Gasteiger partial charge in [-0.3, -0.25) is 0 Å². The van der Waals surface area contributed by atoms with Gasteiger partial charge in [0, 0.05) is 18.0 Å². The van der Waals surface area contributed by atoms with E-state index in [0.29, 0.717) is 0 Å². The first-order chi connectivity index (χ1) is 8.34. The Morgan fingerprint density at radius 1 is 1.00 bits per heavy atom. The van der Waals surface area contributed by atoms with Crippen LogP contribution in [0.1, 0.15) is 70.0 Å². The van der Waals surface area contributed by atoms with Gasteiger partial charge in [-0.25, -0.2) is 9.97 Å². The molecule has 96 valence electrons. The number of unbranched alkanes of at least 4 members (excludes halogenated alkanes) is 6. The van der Waals surface area contributed by atoms with Gasteiger partial charge in [0.2, 0.25) is 0 Å². The maximum Gasteiger partial charge on any atom is 0.115 e. The molecule has 0 spiro atoms. The number of hydrogen-bond donors (Lipinski definition) is 1. The van der Waals surface area contributed by atoms with Gasteiger partial charge in [0.1, 0.15) is 6.33 Å². The fraction of sp³-hybridized carbons (Fsp3) is 0.714. The van der Waals surface area contributed by atoms with E-state index in [4.69, 9.17) is 0 Å². The predicted molar refractivity (Wildman–Crippen MR) is 69.6 cm³/mol. The van der Waals surface area contributed by atoms with E-state index >= 15 is 0 Å². The summed E-state index contributed by atoms with van der Waals surface area (Å²) in [7, 11) is 0. The zero-order valence-electron chi connectivity index (χ0n) is 10.8. The van der Waals surface area contributed by atoms with E-state index in [0.717, 1.165) is 18.4 Å². The SMILES string of the molecule is CCCCCCCCCC(O)c1cncnc1. The van der Waals surface area contributed by atoms with Crippen LogP contribution in [0.15, 0.2) is 18.7 Å². The summed E-state index contributed by atoms with van der Waals surface area (Å²) in [6.07, 6.45) is 14.2. The third-order valence-electron chi connectivity index (χ3n) is 3.05. The maximum atomic E-state index is 9.88. The molecule has 0 aliphatic heterocycles. The molecule has 0 aliphatic rings. The molecule has 0 aromatic carbocycles. The van der Waals surface area contributed by atoms with Crippen molar-refractivity contribution in [3.05, 3.63) is 24.3 Å². The molecule has 17 heavy (non-hydrogen) atoms. The molecule has 0 saturated heterocycles. The molecular formula is C14H24N2O. The summed E-state index contributed by atoms with van der Waals surface area (Å²) in [4.78, 5) is 7.83. The summed E-state index contributed by atoms with van der Waals surface area (Å²) in [6.45, 7) is 2.23. The molecule has 1 N–H and O–H groups in total. The van der Waals surface area contributed by atoms with Crippen molar-refractivity contribution >= 4 is 0 Å². The number of aromatic nitrogens is 2. The summed E-state index contributed by atoms with van der Waals surface area (Å²) in [5.41, 5.74) is 0.832. The third-order valence-corrected chi connectivity index (χ3v) is 3.05. The quantitative estimate of drug-likeness (QED) is 0.666. The highest BCUT2D eigenvalue weighted by Crippen LogP contribution is 2.18. The molecule has 0 aliphatic carbocycles. The van der Waals surface area contributed by atoms with Crippen LogP contribution in [0.2, 0.25) is 0 Å². The van der Waals surface area contributed by atoms with Crippen molar-refractivity contribution in [2.24, 2.45) is 0 Å². The number of rotatable bonds is 9. The number of aliphatic hydroxyl groups is 1. The minimum absolute atomic E-state index is 0.396. The summed E-state index contributed by atoms with van der Waals surface area (Å²) in [5, 5.41) is 9.88. The summed E-state index contributed by atoms with van der Waals surface area (Å²) >= 11 is 0. The van der Waals surface area contributed by atoms with E-state index in [9.17, 15) is 5.11 Å². The van der Waals surface area contributed by atoms with Crippen molar-refractivity contribution in [3.8, 4) is 0 Å². The monoisotopic (exact) mass is 236 g/mol. The summed E-state index contributed by atoms with van der Waals surface area (Å²) in [6, 6.07) is 0. The van der Waals surface area contributed by atoms with Crippen LogP contribution in [0.25, 0.3) is 0 Å². The normalized spacial score (nSPS) is 12.6. The van der Waals surface area contributed by atoms with E-state index in [-0.39, 0.29) is 0 Å². The molecule has 1 rings (SSSR count). The number of hydrogen-bond acceptors (Lipinski definition) is 3. The second-order valence-electron chi connectivity index (χ2n) is 4.60. The Morgan fingerprint density at radius 2 is 1.59 bits per heavy atom. The topological polar surface area (TPSA) is 46.0 Å². The van der Waals surface area contributed by atoms with Gasteiger partial charge in [-0.1, -0.05) is 51.9 Å². The molecule has 1 heterocycles. The van der Waals surface area contributed by atoms with Gasteiger partial charge in [-0.2, -0.15) is 0 Å². The second-order valence-corrected chi connectivity index (χ2v) is 4.60. The fourth-order valence-corrected chi connectivity index (χ4v) is 1.94. The predicted octanol–water partition coefficient (Wildman–Crippen LogP) is 3.65. The lowest BCUT2D eigenvalue weighted by molar-refractivity contribution is 0.162. The molecule has 0 fully saturated rings. The largest absolute Gasteiger partial charge is 0.388 e. The zero-order valence-corrected chi connectivity index (χ0v) is 10.8. The number of nitrogens with zero attached hydrogens (tertiary/aromatic N) is 2. The molecule has 3 nitrogen and oxygen atoms in total. The molecule has 1 unspecified atom stereocenters. The third kappa shape index (κ3) is 6.37. The van der Waals surface area contributed by atoms with Crippen molar-refractivity contribution in [2.45, 2.75) is 64.4 Å². The van der Waals surface area contributed by atoms with Crippen LogP contribution in [-0.4, -0.2) is 15.1 Å². The van der Waals surface area contributed by atoms with E-state index in [2.05, 4.69) is 16.9 Å². The highest BCUT2D eigenvalue weighted by Gasteiger charge is 2.06. The Bertz CT molecular complexity index is 277. The lowest BCUT2D eigenvalue weighted by atomic mass is 10.0. The van der Waals surface area contributed by atoms with Gasteiger partial charge < -0.3 is 5.11 Å². The molecule has 3 heteroatoms. The van der Waals surface area contributed by atoms with Crippen molar-refractivity contribution in [1.82, 2.24) is 9.97 Å². The van der Waals surface area contributed by atoms with Gasteiger partial charge in [-0.15, -0.1) is 0 Å². The van der Waals surface area contributed by atoms with E-state index < -0.39 is 6.10 Å². The van der Waals surface area contributed by atoms with Crippen molar-refractivity contribution in [2.75, 3.05) is 0 Å². The van der Waals surface area contributed by atoms with E-state index in [1.807, 2.05) is 0 Å². The van der Waals surface area contributed by atoms with Crippen LogP contribution >= 0.6 is 0 Å². The Hall–Kier alpha value is -0.960. The molecule has 0 bridgehead atoms. The first-order valence-corrected chi connectivity index (χ1v) is 6.77. The van der Waals surface area contributed by atoms with Gasteiger partial charge in [0.15, 0.2) is 0 Å². The molecular weight excluding hydrogens is 212 g/mol. The van der Waals surface area contributed by atoms with Gasteiger partial charge in [-0.05, 0) is 6.42 Å². The Labute approximate surface area is 104 Å². The first-order valence-electron chi connectivity index (χ1n) is 6.77. The van der Waals surface area contributed by atoms with Crippen LogP contribution in [0, 0.1) is 0 Å². The highest BCUT2D eigenvalue weighted by molar-refractivity contribution is 5.05. The van der Waals surface area contributed by atoms with E-state index in [1.165, 1.54) is 44.9 Å². The standard InChI is InChI=1S/C14H24N2O/c1-2-3-4-5-6-7-8-9-14(17)13-10-15-12-16-11-13/h10-12,14,17H,2-9H2,1H3. The van der Waals surface area contributed by atoms with Crippen LogP contribution in [0.5, 0.6) is 0 Å². The van der Waals surface area contributed by atoms with Gasteiger partial charge in [0.25, 0.3) is 0 Å². The van der Waals surface area contributed by atoms with Gasteiger partial charge >= 0.3 is 0 Å². The van der Waals surface area contributed by atoms with Crippen molar-refractivity contribution in [1.29, 1.82) is 0 Å². The summed E-state index contributed by atoms with van der Waals surface area (Å²) in [5.74, 6) is 0. The smallest absolute Gasteiger partial charge is 0.115 e. The van der Waals surface area contributed by atoms with Crippen LogP contribution in [0.3, 0.4) is 0 Å². The van der Waals surface area contributed by atoms with E-state index in [1.54, 1.807) is 12.4 Å². The van der Waals surface area contributed by atoms with Crippen LogP contribution < -0.4 is 0 Å². The van der Waals surface area contributed by atoms with Gasteiger partial charge in [0.05, 0.1) is 6.10 Å². The molecule has 0 saturated carbocycles. The Kier molecular flexibility index (Phi) is 7.56. The molecule has 0 radical (unpaired) electrons. The first kappa shape index (κ1) is 14.1. The molecule has 1 aromatic rings. The average molecular weight is 236 g/mol. The fourth-order valence-electron chi connectivity index (χ4n) is 1.94. The van der Waals surface area contributed by atoms with Crippen LogP contribution in [-0.2, 0) is 0 Å². The van der Waals surface area contributed by atoms with Crippen molar-refractivity contribution < 1.29 is 5.11 Å². The minimum Gasteiger partial charge on any atom is -0.388 e. The Morgan fingerprint density at radius 3 is 2.24 bits per heavy atom. The Balaban J connectivity index is 2.03. The zero-order chi connectivity index (χ0) is 12.3. The maximum absolute atomic E-state index is 9.88. The molecule has 1 aromatic heterocycles. The van der Waals surface area contributed by atoms with Crippen molar-refractivity contribution in [3.63, 3.8) is 0 Å². The lowest BCUT2D eigenvalue weighted by Gasteiger charge is -2.09. The molecule has 1 atom stereocenters. The average Bonchev–Trinajstić information content (AvgIpc) is 2.38. The number of aliphatic hydroxyl groups excluding tert-OH is 1. The minimum atomic E-state index is -0.396.